The van der Waals surface area contributed by atoms with Crippen LogP contribution in [0.2, 0.25) is 0 Å². The van der Waals surface area contributed by atoms with Crippen LogP contribution in [0.4, 0.5) is 0 Å². The van der Waals surface area contributed by atoms with Crippen molar-refractivity contribution in [3.05, 3.63) is 22.4 Å². The minimum Gasteiger partial charge on any atom is -0.480 e. The van der Waals surface area contributed by atoms with Gasteiger partial charge >= 0.3 is 5.97 Å². The molecular weight excluding hydrogens is 250 g/mol. The number of aryl methyl sites for hydroxylation is 1. The van der Waals surface area contributed by atoms with Gasteiger partial charge in [0.15, 0.2) is 0 Å². The molecule has 0 bridgehead atoms. The third-order valence-corrected chi connectivity index (χ3v) is 3.20. The number of carboxylic acid groups (broad SMARTS) is 1. The molecule has 1 heterocycles. The molecule has 0 radical (unpaired) electrons. The van der Waals surface area contributed by atoms with Crippen molar-refractivity contribution in [1.29, 1.82) is 0 Å². The van der Waals surface area contributed by atoms with Gasteiger partial charge in [-0.05, 0) is 34.7 Å². The Morgan fingerprint density at radius 3 is 2.67 bits per heavy atom. The lowest BCUT2D eigenvalue weighted by Gasteiger charge is -2.22. The topological polar surface area (TPSA) is 57.6 Å². The molecule has 18 heavy (non-hydrogen) atoms. The molecular formula is C13H19NO3S. The van der Waals surface area contributed by atoms with E-state index in [2.05, 4.69) is 0 Å². The van der Waals surface area contributed by atoms with Crippen LogP contribution >= 0.6 is 11.3 Å². The highest BCUT2D eigenvalue weighted by atomic mass is 32.1. The Kier molecular flexibility index (Phi) is 5.85. The van der Waals surface area contributed by atoms with Crippen LogP contribution in [-0.4, -0.2) is 35.0 Å². The van der Waals surface area contributed by atoms with Crippen LogP contribution in [-0.2, 0) is 16.0 Å². The van der Waals surface area contributed by atoms with Gasteiger partial charge in [0.2, 0.25) is 5.91 Å². The summed E-state index contributed by atoms with van der Waals surface area (Å²) in [6, 6.07) is 1.99. The third kappa shape index (κ3) is 5.31. The molecule has 0 saturated carbocycles. The van der Waals surface area contributed by atoms with E-state index in [-0.39, 0.29) is 18.4 Å². The summed E-state index contributed by atoms with van der Waals surface area (Å²) in [5, 5.41) is 12.8. The minimum atomic E-state index is -0.959. The predicted octanol–water partition coefficient (Wildman–Crippen LogP) is 2.25. The Balaban J connectivity index is 2.50. The number of aliphatic carboxylic acids is 1. The van der Waals surface area contributed by atoms with Crippen molar-refractivity contribution in [3.63, 3.8) is 0 Å². The Hall–Kier alpha value is -1.36. The number of carboxylic acids is 1. The first-order valence-corrected chi connectivity index (χ1v) is 6.94. The van der Waals surface area contributed by atoms with Gasteiger partial charge < -0.3 is 10.0 Å². The number of nitrogens with zero attached hydrogens (tertiary/aromatic N) is 1. The second-order valence-electron chi connectivity index (χ2n) is 4.69. The molecule has 0 unspecified atom stereocenters. The fourth-order valence-corrected chi connectivity index (χ4v) is 2.41. The van der Waals surface area contributed by atoms with Crippen molar-refractivity contribution in [2.45, 2.75) is 26.7 Å². The number of hydrogen-bond acceptors (Lipinski definition) is 3. The Labute approximate surface area is 111 Å². The van der Waals surface area contributed by atoms with E-state index in [9.17, 15) is 9.59 Å². The van der Waals surface area contributed by atoms with E-state index < -0.39 is 5.97 Å². The first kappa shape index (κ1) is 14.7. The fraction of sp³-hybridized carbons (Fsp3) is 0.538. The first-order valence-electron chi connectivity index (χ1n) is 5.99. The molecule has 0 fully saturated rings. The van der Waals surface area contributed by atoms with E-state index in [1.54, 1.807) is 11.3 Å². The number of carbonyl (C=O) groups is 2. The monoisotopic (exact) mass is 269 g/mol. The zero-order chi connectivity index (χ0) is 13.5. The lowest BCUT2D eigenvalue weighted by molar-refractivity contribution is -0.144. The number of amides is 1. The SMILES string of the molecule is CC(C)CN(CC(=O)O)C(=O)CCc1ccsc1. The van der Waals surface area contributed by atoms with Crippen LogP contribution in [0.25, 0.3) is 0 Å². The van der Waals surface area contributed by atoms with Gasteiger partial charge in [-0.3, -0.25) is 9.59 Å². The first-order chi connectivity index (χ1) is 8.49. The van der Waals surface area contributed by atoms with Crippen molar-refractivity contribution in [2.24, 2.45) is 5.92 Å². The Morgan fingerprint density at radius 2 is 2.17 bits per heavy atom. The van der Waals surface area contributed by atoms with E-state index in [4.69, 9.17) is 5.11 Å². The highest BCUT2D eigenvalue weighted by Crippen LogP contribution is 2.10. The normalized spacial score (nSPS) is 10.6. The van der Waals surface area contributed by atoms with Crippen LogP contribution in [0.5, 0.6) is 0 Å². The zero-order valence-electron chi connectivity index (χ0n) is 10.8. The second-order valence-corrected chi connectivity index (χ2v) is 5.47. The van der Waals surface area contributed by atoms with Crippen molar-refractivity contribution in [3.8, 4) is 0 Å². The molecule has 0 aliphatic carbocycles. The molecule has 0 aliphatic heterocycles. The molecule has 0 aromatic carbocycles. The van der Waals surface area contributed by atoms with Crippen LogP contribution in [0.1, 0.15) is 25.8 Å². The summed E-state index contributed by atoms with van der Waals surface area (Å²) >= 11 is 1.60. The van der Waals surface area contributed by atoms with E-state index in [0.29, 0.717) is 19.4 Å². The predicted molar refractivity (Wildman–Crippen MR) is 71.7 cm³/mol. The van der Waals surface area contributed by atoms with Gasteiger partial charge in [0, 0.05) is 13.0 Å². The summed E-state index contributed by atoms with van der Waals surface area (Å²) in [6.45, 7) is 4.23. The maximum Gasteiger partial charge on any atom is 0.323 e. The molecule has 1 amide bonds. The van der Waals surface area contributed by atoms with Crippen LogP contribution < -0.4 is 0 Å². The second kappa shape index (κ2) is 7.16. The lowest BCUT2D eigenvalue weighted by Crippen LogP contribution is -2.38. The van der Waals surface area contributed by atoms with Gasteiger partial charge in [0.1, 0.15) is 6.54 Å². The van der Waals surface area contributed by atoms with Gasteiger partial charge in [-0.25, -0.2) is 0 Å². The molecule has 0 atom stereocenters. The quantitative estimate of drug-likeness (QED) is 0.826. The lowest BCUT2D eigenvalue weighted by atomic mass is 10.1. The van der Waals surface area contributed by atoms with Crippen molar-refractivity contribution in [2.75, 3.05) is 13.1 Å². The number of rotatable bonds is 7. The Morgan fingerprint density at radius 1 is 1.44 bits per heavy atom. The number of hydrogen-bond donors (Lipinski definition) is 1. The van der Waals surface area contributed by atoms with Gasteiger partial charge in [-0.15, -0.1) is 0 Å². The van der Waals surface area contributed by atoms with Gasteiger partial charge in [0.25, 0.3) is 0 Å². The number of carbonyl (C=O) groups excluding carboxylic acids is 1. The van der Waals surface area contributed by atoms with Crippen molar-refractivity contribution in [1.82, 2.24) is 4.90 Å². The van der Waals surface area contributed by atoms with Gasteiger partial charge in [-0.2, -0.15) is 11.3 Å². The summed E-state index contributed by atoms with van der Waals surface area (Å²) in [5.74, 6) is -0.772. The molecule has 0 spiro atoms. The summed E-state index contributed by atoms with van der Waals surface area (Å²) in [7, 11) is 0. The summed E-state index contributed by atoms with van der Waals surface area (Å²) < 4.78 is 0. The van der Waals surface area contributed by atoms with E-state index >= 15 is 0 Å². The molecule has 1 N–H and O–H groups in total. The summed E-state index contributed by atoms with van der Waals surface area (Å²) in [4.78, 5) is 24.1. The maximum atomic E-state index is 12.0. The minimum absolute atomic E-state index is 0.0858. The smallest absolute Gasteiger partial charge is 0.323 e. The van der Waals surface area contributed by atoms with Crippen LogP contribution in [0.15, 0.2) is 16.8 Å². The molecule has 0 aliphatic rings. The average molecular weight is 269 g/mol. The molecule has 1 aromatic heterocycles. The highest BCUT2D eigenvalue weighted by Gasteiger charge is 2.17. The third-order valence-electron chi connectivity index (χ3n) is 2.47. The summed E-state index contributed by atoms with van der Waals surface area (Å²) in [5.41, 5.74) is 1.13. The van der Waals surface area contributed by atoms with E-state index in [1.807, 2.05) is 30.7 Å². The van der Waals surface area contributed by atoms with Crippen LogP contribution in [0.3, 0.4) is 0 Å². The molecule has 1 aromatic rings. The van der Waals surface area contributed by atoms with Gasteiger partial charge in [0.05, 0.1) is 0 Å². The number of thiophene rings is 1. The van der Waals surface area contributed by atoms with Crippen LogP contribution in [0, 0.1) is 5.92 Å². The van der Waals surface area contributed by atoms with E-state index in [1.165, 1.54) is 4.90 Å². The average Bonchev–Trinajstić information content (AvgIpc) is 2.76. The van der Waals surface area contributed by atoms with Crippen molar-refractivity contribution >= 4 is 23.2 Å². The summed E-state index contributed by atoms with van der Waals surface area (Å²) in [6.07, 6.45) is 1.05. The molecule has 4 nitrogen and oxygen atoms in total. The molecule has 100 valence electrons. The fourth-order valence-electron chi connectivity index (χ4n) is 1.70. The molecule has 0 saturated heterocycles. The largest absolute Gasteiger partial charge is 0.480 e. The highest BCUT2D eigenvalue weighted by molar-refractivity contribution is 7.07. The molecule has 1 rings (SSSR count). The Bertz CT molecular complexity index is 387. The maximum absolute atomic E-state index is 12.0. The zero-order valence-corrected chi connectivity index (χ0v) is 11.6. The standard InChI is InChI=1S/C13H19NO3S/c1-10(2)7-14(8-13(16)17)12(15)4-3-11-5-6-18-9-11/h5-6,9-10H,3-4,7-8H2,1-2H3,(H,16,17). The molecule has 5 heteroatoms. The van der Waals surface area contributed by atoms with Gasteiger partial charge in [-0.1, -0.05) is 13.8 Å². The van der Waals surface area contributed by atoms with Crippen molar-refractivity contribution < 1.29 is 14.7 Å². The van der Waals surface area contributed by atoms with E-state index in [0.717, 1.165) is 5.56 Å².